The summed E-state index contributed by atoms with van der Waals surface area (Å²) in [5, 5.41) is 8.44. The summed E-state index contributed by atoms with van der Waals surface area (Å²) >= 11 is 1.32. The number of likely N-dealkylation sites (N-methyl/N-ethyl adjacent to an activating group) is 1. The standard InChI is InChI=1S/C26H31N5O3S.2C2H6/c1-4-34-25(33)23-17-35-26(29-23)28-22-15-21(10-5-18(22)2)27-24(32)20-8-6-19(7-9-20)16-31-13-11-30(3)12-14-31;2*1-2/h5-10,15,17H,4,11-14,16H2,1-3H3,(H,27,32)(H,28,29);2*1-2H3. The monoisotopic (exact) mass is 553 g/mol. The number of aryl methyl sites for hydroxylation is 1. The van der Waals surface area contributed by atoms with Crippen molar-refractivity contribution in [3.63, 3.8) is 0 Å². The van der Waals surface area contributed by atoms with Crippen LogP contribution >= 0.6 is 11.3 Å². The Hall–Kier alpha value is -3.27. The molecule has 1 amide bonds. The second-order valence-electron chi connectivity index (χ2n) is 8.64. The molecule has 0 spiro atoms. The second kappa shape index (κ2) is 16.6. The Balaban J connectivity index is 0.00000127. The Kier molecular flexibility index (Phi) is 13.6. The zero-order valence-corrected chi connectivity index (χ0v) is 25.2. The number of carbonyl (C=O) groups is 2. The maximum atomic E-state index is 12.8. The first-order chi connectivity index (χ1) is 18.9. The van der Waals surface area contributed by atoms with Crippen molar-refractivity contribution in [1.29, 1.82) is 0 Å². The molecule has 2 aromatic carbocycles. The zero-order valence-electron chi connectivity index (χ0n) is 24.3. The van der Waals surface area contributed by atoms with Crippen molar-refractivity contribution in [3.05, 3.63) is 70.2 Å². The quantitative estimate of drug-likeness (QED) is 0.311. The van der Waals surface area contributed by atoms with Crippen LogP contribution in [-0.2, 0) is 11.3 Å². The van der Waals surface area contributed by atoms with Gasteiger partial charge in [-0.15, -0.1) is 11.3 Å². The Morgan fingerprint density at radius 2 is 1.67 bits per heavy atom. The number of hydrogen-bond donors (Lipinski definition) is 2. The van der Waals surface area contributed by atoms with E-state index in [1.165, 1.54) is 16.9 Å². The third-order valence-corrected chi connectivity index (χ3v) is 6.70. The van der Waals surface area contributed by atoms with Crippen LogP contribution in [0.2, 0.25) is 0 Å². The molecular weight excluding hydrogens is 510 g/mol. The summed E-state index contributed by atoms with van der Waals surface area (Å²) in [6, 6.07) is 13.5. The Morgan fingerprint density at radius 1 is 1.00 bits per heavy atom. The van der Waals surface area contributed by atoms with Crippen LogP contribution in [0, 0.1) is 6.92 Å². The largest absolute Gasteiger partial charge is 0.461 e. The predicted molar refractivity (Wildman–Crippen MR) is 162 cm³/mol. The average molecular weight is 554 g/mol. The molecule has 1 aliphatic heterocycles. The van der Waals surface area contributed by atoms with E-state index in [4.69, 9.17) is 4.74 Å². The molecule has 1 saturated heterocycles. The minimum atomic E-state index is -0.441. The second-order valence-corrected chi connectivity index (χ2v) is 9.50. The van der Waals surface area contributed by atoms with E-state index in [1.807, 2.05) is 77.1 Å². The first kappa shape index (κ1) is 31.9. The molecule has 39 heavy (non-hydrogen) atoms. The number of nitrogens with one attached hydrogen (secondary N) is 2. The number of aromatic nitrogens is 1. The number of esters is 1. The van der Waals surface area contributed by atoms with Crippen molar-refractivity contribution in [2.75, 3.05) is 50.5 Å². The van der Waals surface area contributed by atoms with Crippen molar-refractivity contribution in [2.45, 2.75) is 48.1 Å². The predicted octanol–water partition coefficient (Wildman–Crippen LogP) is 6.42. The van der Waals surface area contributed by atoms with Gasteiger partial charge in [0.15, 0.2) is 10.8 Å². The number of hydrogen-bond acceptors (Lipinski definition) is 8. The van der Waals surface area contributed by atoms with E-state index in [1.54, 1.807) is 12.3 Å². The lowest BCUT2D eigenvalue weighted by Crippen LogP contribution is -2.43. The van der Waals surface area contributed by atoms with E-state index in [2.05, 4.69) is 32.5 Å². The number of piperazine rings is 1. The van der Waals surface area contributed by atoms with Crippen molar-refractivity contribution in [2.24, 2.45) is 0 Å². The topological polar surface area (TPSA) is 86.8 Å². The molecule has 1 fully saturated rings. The van der Waals surface area contributed by atoms with E-state index in [9.17, 15) is 9.59 Å². The summed E-state index contributed by atoms with van der Waals surface area (Å²) in [7, 11) is 2.15. The lowest BCUT2D eigenvalue weighted by Gasteiger charge is -2.32. The Bertz CT molecular complexity index is 1170. The van der Waals surface area contributed by atoms with Crippen molar-refractivity contribution in [1.82, 2.24) is 14.8 Å². The van der Waals surface area contributed by atoms with Gasteiger partial charge < -0.3 is 20.3 Å². The van der Waals surface area contributed by atoms with Crippen LogP contribution < -0.4 is 10.6 Å². The summed E-state index contributed by atoms with van der Waals surface area (Å²) in [6.07, 6.45) is 0. The van der Waals surface area contributed by atoms with E-state index in [0.717, 1.165) is 44.0 Å². The maximum Gasteiger partial charge on any atom is 0.357 e. The summed E-state index contributed by atoms with van der Waals surface area (Å²) in [5.41, 5.74) is 4.56. The van der Waals surface area contributed by atoms with Gasteiger partial charge in [-0.3, -0.25) is 9.69 Å². The Morgan fingerprint density at radius 3 is 2.31 bits per heavy atom. The number of carbonyl (C=O) groups excluding carboxylic acids is 2. The molecule has 0 radical (unpaired) electrons. The van der Waals surface area contributed by atoms with Crippen LogP contribution in [0.5, 0.6) is 0 Å². The van der Waals surface area contributed by atoms with Crippen LogP contribution in [0.3, 0.4) is 0 Å². The molecule has 0 unspecified atom stereocenters. The molecule has 3 aromatic rings. The maximum absolute atomic E-state index is 12.8. The molecule has 9 heteroatoms. The van der Waals surface area contributed by atoms with Crippen molar-refractivity contribution in [3.8, 4) is 0 Å². The van der Waals surface area contributed by atoms with Crippen molar-refractivity contribution >= 4 is 39.7 Å². The van der Waals surface area contributed by atoms with Gasteiger partial charge in [0.2, 0.25) is 0 Å². The average Bonchev–Trinajstić information content (AvgIpc) is 3.43. The number of anilines is 3. The van der Waals surface area contributed by atoms with Crippen molar-refractivity contribution < 1.29 is 14.3 Å². The third-order valence-electron chi connectivity index (χ3n) is 5.94. The molecule has 212 valence electrons. The number of rotatable bonds is 8. The van der Waals surface area contributed by atoms with Crippen LogP contribution in [0.4, 0.5) is 16.5 Å². The zero-order chi connectivity index (χ0) is 28.8. The number of benzene rings is 2. The number of amides is 1. The molecule has 1 aromatic heterocycles. The fourth-order valence-electron chi connectivity index (χ4n) is 3.81. The fourth-order valence-corrected chi connectivity index (χ4v) is 4.50. The lowest BCUT2D eigenvalue weighted by molar-refractivity contribution is 0.0520. The summed E-state index contributed by atoms with van der Waals surface area (Å²) < 4.78 is 5.00. The number of nitrogens with zero attached hydrogens (tertiary/aromatic N) is 3. The highest BCUT2D eigenvalue weighted by Gasteiger charge is 2.15. The minimum absolute atomic E-state index is 0.162. The molecule has 2 N–H and O–H groups in total. The van der Waals surface area contributed by atoms with Gasteiger partial charge in [-0.25, -0.2) is 9.78 Å². The van der Waals surface area contributed by atoms with E-state index < -0.39 is 5.97 Å². The smallest absolute Gasteiger partial charge is 0.357 e. The lowest BCUT2D eigenvalue weighted by atomic mass is 10.1. The number of ether oxygens (including phenoxy) is 1. The van der Waals surface area contributed by atoms with Gasteiger partial charge in [0.05, 0.1) is 6.61 Å². The van der Waals surface area contributed by atoms with Crippen LogP contribution in [0.1, 0.15) is 66.6 Å². The van der Waals surface area contributed by atoms with Crippen LogP contribution in [0.25, 0.3) is 0 Å². The minimum Gasteiger partial charge on any atom is -0.461 e. The van der Waals surface area contributed by atoms with Gasteiger partial charge in [0.1, 0.15) is 0 Å². The molecule has 2 heterocycles. The molecule has 8 nitrogen and oxygen atoms in total. The SMILES string of the molecule is CC.CC.CCOC(=O)c1csc(Nc2cc(NC(=O)c3ccc(CN4CCN(C)CC4)cc3)ccc2C)n1. The van der Waals surface area contributed by atoms with E-state index >= 15 is 0 Å². The van der Waals surface area contributed by atoms with Crippen LogP contribution in [0.15, 0.2) is 47.8 Å². The molecule has 4 rings (SSSR count). The van der Waals surface area contributed by atoms with E-state index in [-0.39, 0.29) is 11.6 Å². The molecule has 0 saturated carbocycles. The molecule has 0 bridgehead atoms. The first-order valence-corrected chi connectivity index (χ1v) is 14.6. The molecule has 0 atom stereocenters. The molecular formula is C30H43N5O3S. The highest BCUT2D eigenvalue weighted by Crippen LogP contribution is 2.27. The Labute approximate surface area is 237 Å². The van der Waals surface area contributed by atoms with Gasteiger partial charge in [-0.2, -0.15) is 0 Å². The van der Waals surface area contributed by atoms with Gasteiger partial charge >= 0.3 is 5.97 Å². The number of thiazole rings is 1. The summed E-state index contributed by atoms with van der Waals surface area (Å²) in [5.74, 6) is -0.603. The highest BCUT2D eigenvalue weighted by atomic mass is 32.1. The van der Waals surface area contributed by atoms with Gasteiger partial charge in [0, 0.05) is 55.0 Å². The third kappa shape index (κ3) is 9.76. The molecule has 0 aliphatic carbocycles. The van der Waals surface area contributed by atoms with Gasteiger partial charge in [0.25, 0.3) is 5.91 Å². The highest BCUT2D eigenvalue weighted by molar-refractivity contribution is 7.14. The fraction of sp³-hybridized carbons (Fsp3) is 0.433. The normalized spacial score (nSPS) is 13.3. The summed E-state index contributed by atoms with van der Waals surface area (Å²) in [4.78, 5) is 33.8. The molecule has 1 aliphatic rings. The van der Waals surface area contributed by atoms with Gasteiger partial charge in [-0.1, -0.05) is 45.9 Å². The summed E-state index contributed by atoms with van der Waals surface area (Å²) in [6.45, 7) is 17.2. The first-order valence-electron chi connectivity index (χ1n) is 13.7. The van der Waals surface area contributed by atoms with Gasteiger partial charge in [-0.05, 0) is 56.3 Å². The van der Waals surface area contributed by atoms with E-state index in [0.29, 0.717) is 23.0 Å². The van der Waals surface area contributed by atoms with Crippen LogP contribution in [-0.4, -0.2) is 66.5 Å².